The number of carboxylic acid groups (broad SMARTS) is 1. The summed E-state index contributed by atoms with van der Waals surface area (Å²) in [7, 11) is 0. The monoisotopic (exact) mass is 245 g/mol. The Hall–Kier alpha value is -1.88. The summed E-state index contributed by atoms with van der Waals surface area (Å²) in [5, 5.41) is 11.2. The first kappa shape index (κ1) is 11.2. The third kappa shape index (κ3) is 1.86. The van der Waals surface area contributed by atoms with Crippen LogP contribution in [0, 0.1) is 0 Å². The van der Waals surface area contributed by atoms with Gasteiger partial charge in [0, 0.05) is 19.0 Å². The topological polar surface area (TPSA) is 61.9 Å². The smallest absolute Gasteiger partial charge is 0.137 e. The number of nitrogens with one attached hydrogen (secondary N) is 1. The van der Waals surface area contributed by atoms with Crippen LogP contribution in [-0.2, 0) is 6.54 Å². The maximum absolute atomic E-state index is 11.2. The van der Waals surface area contributed by atoms with Crippen molar-refractivity contribution in [3.63, 3.8) is 0 Å². The van der Waals surface area contributed by atoms with Gasteiger partial charge in [-0.05, 0) is 12.1 Å². The number of pyridine rings is 1. The first-order valence-corrected chi connectivity index (χ1v) is 6.26. The molecule has 0 spiro atoms. The number of fused-ring (bicyclic) bond motifs is 1. The number of rotatable bonds is 3. The summed E-state index contributed by atoms with van der Waals surface area (Å²) >= 11 is 0. The predicted octanol–water partition coefficient (Wildman–Crippen LogP) is -1.12. The van der Waals surface area contributed by atoms with Crippen molar-refractivity contribution in [3.05, 3.63) is 35.8 Å². The number of likely N-dealkylation sites (tertiary alicyclic amines) is 1. The number of hydrogen-bond acceptors (Lipinski definition) is 3. The van der Waals surface area contributed by atoms with Crippen LogP contribution in [0.1, 0.15) is 29.0 Å². The van der Waals surface area contributed by atoms with Gasteiger partial charge in [-0.1, -0.05) is 6.07 Å². The fourth-order valence-corrected chi connectivity index (χ4v) is 2.67. The highest BCUT2D eigenvalue weighted by Crippen LogP contribution is 2.11. The molecule has 0 radical (unpaired) electrons. The highest BCUT2D eigenvalue weighted by atomic mass is 16.4. The van der Waals surface area contributed by atoms with Gasteiger partial charge in [-0.3, -0.25) is 4.40 Å². The Kier molecular flexibility index (Phi) is 2.76. The lowest BCUT2D eigenvalue weighted by molar-refractivity contribution is -0.901. The van der Waals surface area contributed by atoms with Crippen LogP contribution in [0.2, 0.25) is 0 Å². The molecule has 0 amide bonds. The molecule has 94 valence electrons. The van der Waals surface area contributed by atoms with Crippen LogP contribution in [0.5, 0.6) is 0 Å². The molecule has 1 aliphatic heterocycles. The van der Waals surface area contributed by atoms with Crippen LogP contribution in [0.4, 0.5) is 0 Å². The minimum absolute atomic E-state index is 0.0839. The first-order chi connectivity index (χ1) is 8.75. The Morgan fingerprint density at radius 3 is 2.89 bits per heavy atom. The zero-order valence-electron chi connectivity index (χ0n) is 10.1. The van der Waals surface area contributed by atoms with Crippen LogP contribution in [0.25, 0.3) is 5.65 Å². The van der Waals surface area contributed by atoms with E-state index in [9.17, 15) is 9.90 Å². The SMILES string of the molecule is O=C([O-])c1nc2ccccn2c1C[NH+]1CCCC1. The van der Waals surface area contributed by atoms with E-state index in [0.29, 0.717) is 12.2 Å². The second kappa shape index (κ2) is 4.42. The second-order valence-electron chi connectivity index (χ2n) is 4.76. The van der Waals surface area contributed by atoms with Gasteiger partial charge in [-0.15, -0.1) is 0 Å². The molecule has 0 saturated carbocycles. The fraction of sp³-hybridized carbons (Fsp3) is 0.385. The van der Waals surface area contributed by atoms with Crippen molar-refractivity contribution in [3.8, 4) is 0 Å². The molecule has 1 saturated heterocycles. The minimum atomic E-state index is -1.19. The lowest BCUT2D eigenvalue weighted by Gasteiger charge is -2.13. The van der Waals surface area contributed by atoms with Crippen molar-refractivity contribution < 1.29 is 14.8 Å². The van der Waals surface area contributed by atoms with Gasteiger partial charge in [0.25, 0.3) is 0 Å². The zero-order valence-corrected chi connectivity index (χ0v) is 10.1. The van der Waals surface area contributed by atoms with Crippen molar-refractivity contribution >= 4 is 11.6 Å². The molecule has 0 atom stereocenters. The van der Waals surface area contributed by atoms with Crippen molar-refractivity contribution in [1.29, 1.82) is 0 Å². The number of carbonyl (C=O) groups excluding carboxylic acids is 1. The van der Waals surface area contributed by atoms with Gasteiger partial charge in [0.2, 0.25) is 0 Å². The summed E-state index contributed by atoms with van der Waals surface area (Å²) in [6.07, 6.45) is 4.29. The molecule has 1 fully saturated rings. The van der Waals surface area contributed by atoms with Crippen LogP contribution in [-0.4, -0.2) is 28.4 Å². The number of imidazole rings is 1. The Bertz CT molecular complexity index is 585. The molecule has 3 heterocycles. The van der Waals surface area contributed by atoms with Crippen LogP contribution in [0.15, 0.2) is 24.4 Å². The van der Waals surface area contributed by atoms with Gasteiger partial charge in [0.05, 0.1) is 19.1 Å². The molecule has 18 heavy (non-hydrogen) atoms. The highest BCUT2D eigenvalue weighted by Gasteiger charge is 2.21. The number of carboxylic acids is 1. The Morgan fingerprint density at radius 1 is 1.39 bits per heavy atom. The molecule has 1 aliphatic rings. The molecule has 3 rings (SSSR count). The van der Waals surface area contributed by atoms with E-state index in [0.717, 1.165) is 18.8 Å². The van der Waals surface area contributed by atoms with Crippen molar-refractivity contribution in [2.75, 3.05) is 13.1 Å². The van der Waals surface area contributed by atoms with Crippen LogP contribution >= 0.6 is 0 Å². The van der Waals surface area contributed by atoms with Crippen LogP contribution < -0.4 is 10.0 Å². The number of aromatic nitrogens is 2. The molecular formula is C13H15N3O2. The fourth-order valence-electron chi connectivity index (χ4n) is 2.67. The average molecular weight is 245 g/mol. The van der Waals surface area contributed by atoms with Crippen LogP contribution in [0.3, 0.4) is 0 Å². The summed E-state index contributed by atoms with van der Waals surface area (Å²) in [6.45, 7) is 2.91. The van der Waals surface area contributed by atoms with Crippen molar-refractivity contribution in [1.82, 2.24) is 9.38 Å². The largest absolute Gasteiger partial charge is 0.543 e. The number of quaternary nitrogens is 1. The molecule has 0 aliphatic carbocycles. The molecule has 0 bridgehead atoms. The zero-order chi connectivity index (χ0) is 12.5. The molecule has 5 nitrogen and oxygen atoms in total. The number of nitrogens with zero attached hydrogens (tertiary/aromatic N) is 2. The Labute approximate surface area is 105 Å². The molecule has 1 N–H and O–H groups in total. The Balaban J connectivity index is 2.05. The molecule has 0 unspecified atom stereocenters. The standard InChI is InChI=1S/C13H15N3O2/c17-13(18)12-10(9-15-6-3-4-7-15)16-8-2-1-5-11(16)14-12/h1-2,5,8H,3-4,6-7,9H2,(H,17,18). The minimum Gasteiger partial charge on any atom is -0.543 e. The maximum atomic E-state index is 11.2. The second-order valence-corrected chi connectivity index (χ2v) is 4.76. The van der Waals surface area contributed by atoms with Gasteiger partial charge in [0.15, 0.2) is 0 Å². The summed E-state index contributed by atoms with van der Waals surface area (Å²) < 4.78 is 1.86. The van der Waals surface area contributed by atoms with Gasteiger partial charge >= 0.3 is 0 Å². The average Bonchev–Trinajstić information content (AvgIpc) is 2.98. The molecule has 2 aromatic rings. The molecular weight excluding hydrogens is 230 g/mol. The van der Waals surface area contributed by atoms with E-state index in [2.05, 4.69) is 4.98 Å². The maximum Gasteiger partial charge on any atom is 0.137 e. The van der Waals surface area contributed by atoms with E-state index < -0.39 is 5.97 Å². The van der Waals surface area contributed by atoms with E-state index in [4.69, 9.17) is 0 Å². The summed E-state index contributed by atoms with van der Waals surface area (Å²) in [5.74, 6) is -1.19. The molecule has 0 aromatic carbocycles. The third-order valence-electron chi connectivity index (χ3n) is 3.55. The van der Waals surface area contributed by atoms with E-state index in [1.54, 1.807) is 0 Å². The summed E-state index contributed by atoms with van der Waals surface area (Å²) in [6, 6.07) is 5.56. The Morgan fingerprint density at radius 2 is 2.17 bits per heavy atom. The quantitative estimate of drug-likeness (QED) is 0.745. The number of hydrogen-bond donors (Lipinski definition) is 1. The molecule has 2 aromatic heterocycles. The molecule has 5 heteroatoms. The highest BCUT2D eigenvalue weighted by molar-refractivity contribution is 5.86. The van der Waals surface area contributed by atoms with E-state index in [1.807, 2.05) is 28.8 Å². The van der Waals surface area contributed by atoms with E-state index in [-0.39, 0.29) is 5.69 Å². The lowest BCUT2D eigenvalue weighted by atomic mass is 10.3. The predicted molar refractivity (Wildman–Crippen MR) is 63.2 cm³/mol. The van der Waals surface area contributed by atoms with Gasteiger partial charge in [-0.25, -0.2) is 4.98 Å². The van der Waals surface area contributed by atoms with E-state index in [1.165, 1.54) is 17.7 Å². The lowest BCUT2D eigenvalue weighted by Crippen LogP contribution is -3.08. The third-order valence-corrected chi connectivity index (χ3v) is 3.55. The number of aromatic carboxylic acids is 1. The summed E-state index contributed by atoms with van der Waals surface area (Å²) in [5.41, 5.74) is 1.51. The van der Waals surface area contributed by atoms with Gasteiger partial charge in [0.1, 0.15) is 23.6 Å². The van der Waals surface area contributed by atoms with Gasteiger partial charge < -0.3 is 14.8 Å². The number of carbonyl (C=O) groups is 1. The van der Waals surface area contributed by atoms with Crippen molar-refractivity contribution in [2.45, 2.75) is 19.4 Å². The summed E-state index contributed by atoms with van der Waals surface area (Å²) in [4.78, 5) is 16.7. The van der Waals surface area contributed by atoms with E-state index >= 15 is 0 Å². The normalized spacial score (nSPS) is 16.4. The first-order valence-electron chi connectivity index (χ1n) is 6.26. The van der Waals surface area contributed by atoms with Crippen molar-refractivity contribution in [2.24, 2.45) is 0 Å². The van der Waals surface area contributed by atoms with Gasteiger partial charge in [-0.2, -0.15) is 0 Å².